The average molecular weight is 1230 g/mol. The molecule has 6 nitrogen and oxygen atoms in total. The van der Waals surface area contributed by atoms with Gasteiger partial charge in [-0.1, -0.05) is 437 Å². The van der Waals surface area contributed by atoms with E-state index < -0.39 is 12.1 Å². The van der Waals surface area contributed by atoms with Crippen LogP contribution in [0.3, 0.4) is 0 Å². The molecule has 0 aliphatic rings. The zero-order chi connectivity index (χ0) is 62.8. The number of ether oxygens (including phenoxy) is 1. The zero-order valence-corrected chi connectivity index (χ0v) is 59.5. The summed E-state index contributed by atoms with van der Waals surface area (Å²) in [5.41, 5.74) is 0. The first-order chi connectivity index (χ1) is 43.0. The maximum atomic E-state index is 12.5. The van der Waals surface area contributed by atoms with Crippen molar-refractivity contribution in [2.75, 3.05) is 13.2 Å². The minimum absolute atomic E-state index is 0.0279. The number of carbonyl (C=O) groups is 2. The molecule has 6 heteroatoms. The Morgan fingerprint density at radius 3 is 0.782 bits per heavy atom. The predicted molar refractivity (Wildman–Crippen MR) is 384 cm³/mol. The highest BCUT2D eigenvalue weighted by atomic mass is 16.5. The number of aliphatic hydroxyl groups is 2. The topological polar surface area (TPSA) is 95.9 Å². The highest BCUT2D eigenvalue weighted by Crippen LogP contribution is 2.20. The maximum absolute atomic E-state index is 12.5. The fourth-order valence-corrected chi connectivity index (χ4v) is 13.2. The van der Waals surface area contributed by atoms with Gasteiger partial charge in [-0.25, -0.2) is 0 Å². The van der Waals surface area contributed by atoms with Crippen molar-refractivity contribution < 1.29 is 24.5 Å². The second-order valence-electron chi connectivity index (χ2n) is 28.1. The molecule has 0 saturated carbocycles. The Hall–Kier alpha value is -1.40. The lowest BCUT2D eigenvalue weighted by Gasteiger charge is -2.20. The van der Waals surface area contributed by atoms with Gasteiger partial charge in [-0.15, -0.1) is 0 Å². The molecule has 0 aromatic rings. The predicted octanol–water partition coefficient (Wildman–Crippen LogP) is 26.7. The molecule has 0 aromatic carbocycles. The number of allylic oxidation sites excluding steroid dienone is 1. The van der Waals surface area contributed by atoms with Crippen LogP contribution in [0.4, 0.5) is 0 Å². The highest BCUT2D eigenvalue weighted by Gasteiger charge is 2.18. The molecular weight excluding hydrogens is 1070 g/mol. The van der Waals surface area contributed by atoms with Crippen molar-refractivity contribution in [1.82, 2.24) is 5.32 Å². The molecule has 2 unspecified atom stereocenters. The first-order valence-corrected chi connectivity index (χ1v) is 40.5. The van der Waals surface area contributed by atoms with Crippen LogP contribution in [-0.4, -0.2) is 47.4 Å². The Balaban J connectivity index is 3.29. The normalized spacial score (nSPS) is 12.5. The van der Waals surface area contributed by atoms with Gasteiger partial charge in [-0.05, 0) is 32.1 Å². The Morgan fingerprint density at radius 2 is 0.529 bits per heavy atom. The second-order valence-corrected chi connectivity index (χ2v) is 28.1. The number of hydrogen-bond acceptors (Lipinski definition) is 5. The number of rotatable bonds is 77. The van der Waals surface area contributed by atoms with Gasteiger partial charge in [0.2, 0.25) is 5.91 Å². The van der Waals surface area contributed by atoms with E-state index in [2.05, 4.69) is 19.2 Å². The van der Waals surface area contributed by atoms with Gasteiger partial charge in [0, 0.05) is 12.8 Å². The molecule has 0 heterocycles. The third-order valence-electron chi connectivity index (χ3n) is 19.3. The van der Waals surface area contributed by atoms with Crippen LogP contribution in [-0.2, 0) is 14.3 Å². The van der Waals surface area contributed by atoms with Crippen LogP contribution >= 0.6 is 0 Å². The van der Waals surface area contributed by atoms with Crippen LogP contribution < -0.4 is 5.32 Å². The summed E-state index contributed by atoms with van der Waals surface area (Å²) >= 11 is 0. The smallest absolute Gasteiger partial charge is 0.305 e. The summed E-state index contributed by atoms with van der Waals surface area (Å²) in [5, 5.41) is 23.2. The number of amides is 1. The first-order valence-electron chi connectivity index (χ1n) is 40.5. The minimum Gasteiger partial charge on any atom is -0.466 e. The molecule has 0 radical (unpaired) electrons. The van der Waals surface area contributed by atoms with E-state index in [0.717, 1.165) is 38.5 Å². The third-order valence-corrected chi connectivity index (χ3v) is 19.3. The standard InChI is InChI=1S/C81H159NO5/c1-3-5-7-9-11-13-15-17-19-46-49-53-57-61-65-69-73-79(84)78(77-83)82-80(85)74-70-66-62-58-54-50-47-43-41-39-37-35-33-31-29-27-25-23-21-20-22-24-26-28-30-32-34-36-38-40-42-44-48-52-56-60-64-68-72-76-87-81(86)75-71-67-63-59-55-51-45-18-16-14-12-10-8-6-4-2/h69,73,78-79,83-84H,3-68,70-72,74-77H2,1-2H3,(H,82,85)/b73-69+. The van der Waals surface area contributed by atoms with Gasteiger partial charge in [0.05, 0.1) is 25.4 Å². The Kier molecular flexibility index (Phi) is 75.8. The summed E-state index contributed by atoms with van der Waals surface area (Å²) in [7, 11) is 0. The van der Waals surface area contributed by atoms with E-state index in [4.69, 9.17) is 4.74 Å². The van der Waals surface area contributed by atoms with E-state index in [0.29, 0.717) is 19.4 Å². The van der Waals surface area contributed by atoms with E-state index in [1.807, 2.05) is 6.08 Å². The van der Waals surface area contributed by atoms with Crippen LogP contribution in [0.25, 0.3) is 0 Å². The van der Waals surface area contributed by atoms with E-state index >= 15 is 0 Å². The molecule has 87 heavy (non-hydrogen) atoms. The van der Waals surface area contributed by atoms with Crippen LogP contribution in [0.15, 0.2) is 12.2 Å². The molecule has 1 amide bonds. The highest BCUT2D eigenvalue weighted by molar-refractivity contribution is 5.76. The summed E-state index contributed by atoms with van der Waals surface area (Å²) in [6.45, 7) is 4.96. The number of unbranched alkanes of at least 4 members (excludes halogenated alkanes) is 66. The molecular formula is C81H159NO5. The molecule has 0 aliphatic carbocycles. The monoisotopic (exact) mass is 1230 g/mol. The van der Waals surface area contributed by atoms with E-state index in [-0.39, 0.29) is 18.5 Å². The molecule has 0 aromatic heterocycles. The fourth-order valence-electron chi connectivity index (χ4n) is 13.2. The summed E-state index contributed by atoms with van der Waals surface area (Å²) in [6.07, 6.45) is 97.9. The Bertz CT molecular complexity index is 1320. The number of hydrogen-bond donors (Lipinski definition) is 3. The van der Waals surface area contributed by atoms with Gasteiger partial charge in [0.25, 0.3) is 0 Å². The summed E-state index contributed by atoms with van der Waals surface area (Å²) in [6, 6.07) is -0.622. The SMILES string of the molecule is CCCCCCCCCCCCCCCC/C=C/C(O)C(CO)NC(=O)CCCCCCCCCCCCCCCCCCCCCCCCCCCCCCCCCCCCCCCCCOC(=O)CCCCCCCCCCCCCCCCC. The van der Waals surface area contributed by atoms with E-state index in [9.17, 15) is 19.8 Å². The number of esters is 1. The summed E-state index contributed by atoms with van der Waals surface area (Å²) in [4.78, 5) is 24.6. The van der Waals surface area contributed by atoms with E-state index in [1.165, 1.54) is 405 Å². The lowest BCUT2D eigenvalue weighted by atomic mass is 10.0. The Morgan fingerprint density at radius 1 is 0.310 bits per heavy atom. The van der Waals surface area contributed by atoms with Gasteiger partial charge in [-0.3, -0.25) is 9.59 Å². The van der Waals surface area contributed by atoms with Gasteiger partial charge in [0.1, 0.15) is 0 Å². The van der Waals surface area contributed by atoms with Gasteiger partial charge >= 0.3 is 5.97 Å². The molecule has 0 bridgehead atoms. The minimum atomic E-state index is -0.839. The summed E-state index contributed by atoms with van der Waals surface area (Å²) < 4.78 is 5.51. The molecule has 0 saturated heterocycles. The van der Waals surface area contributed by atoms with Gasteiger partial charge < -0.3 is 20.3 Å². The van der Waals surface area contributed by atoms with Crippen molar-refractivity contribution in [1.29, 1.82) is 0 Å². The molecule has 0 spiro atoms. The quantitative estimate of drug-likeness (QED) is 0.0320. The first kappa shape index (κ1) is 85.6. The van der Waals surface area contributed by atoms with Crippen LogP contribution in [0.2, 0.25) is 0 Å². The fraction of sp³-hybridized carbons (Fsp3) is 0.951. The molecule has 3 N–H and O–H groups in total. The number of nitrogens with one attached hydrogen (secondary N) is 1. The van der Waals surface area contributed by atoms with Crippen molar-refractivity contribution in [3.05, 3.63) is 12.2 Å². The van der Waals surface area contributed by atoms with E-state index in [1.54, 1.807) is 6.08 Å². The van der Waals surface area contributed by atoms with Gasteiger partial charge in [-0.2, -0.15) is 0 Å². The second kappa shape index (κ2) is 77.1. The van der Waals surface area contributed by atoms with Crippen molar-refractivity contribution in [3.63, 3.8) is 0 Å². The lowest BCUT2D eigenvalue weighted by molar-refractivity contribution is -0.143. The molecule has 0 fully saturated rings. The Labute approximate surface area is 546 Å². The third kappa shape index (κ3) is 73.5. The zero-order valence-electron chi connectivity index (χ0n) is 59.5. The molecule has 518 valence electrons. The lowest BCUT2D eigenvalue weighted by Crippen LogP contribution is -2.45. The average Bonchev–Trinajstić information content (AvgIpc) is 3.58. The largest absolute Gasteiger partial charge is 0.466 e. The van der Waals surface area contributed by atoms with Crippen LogP contribution in [0, 0.1) is 0 Å². The number of carbonyl (C=O) groups excluding carboxylic acids is 2. The van der Waals surface area contributed by atoms with Crippen LogP contribution in [0.5, 0.6) is 0 Å². The van der Waals surface area contributed by atoms with Crippen molar-refractivity contribution >= 4 is 11.9 Å². The summed E-state index contributed by atoms with van der Waals surface area (Å²) in [5.74, 6) is -0.0300. The molecule has 2 atom stereocenters. The maximum Gasteiger partial charge on any atom is 0.305 e. The van der Waals surface area contributed by atoms with Crippen molar-refractivity contribution in [3.8, 4) is 0 Å². The molecule has 0 aliphatic heterocycles. The van der Waals surface area contributed by atoms with Crippen molar-refractivity contribution in [2.24, 2.45) is 0 Å². The van der Waals surface area contributed by atoms with Crippen molar-refractivity contribution in [2.45, 2.75) is 482 Å². The molecule has 0 rings (SSSR count). The van der Waals surface area contributed by atoms with Gasteiger partial charge in [0.15, 0.2) is 0 Å². The van der Waals surface area contributed by atoms with Crippen LogP contribution in [0.1, 0.15) is 470 Å². The number of aliphatic hydroxyl groups excluding tert-OH is 2.